The molecule has 2 aromatic rings. The zero-order valence-corrected chi connectivity index (χ0v) is 8.06. The molecule has 0 bridgehead atoms. The zero-order chi connectivity index (χ0) is 10.3. The largest absolute Gasteiger partial charge is 0.469 e. The maximum Gasteiger partial charge on any atom is 0.469 e. The Hall–Kier alpha value is -1.11. The number of oxazole rings is 1. The Morgan fingerprint density at radius 3 is 2.64 bits per heavy atom. The number of halogens is 4. The molecule has 2 aromatic heterocycles. The Balaban J connectivity index is 2.69. The molecule has 7 heteroatoms. The van der Waals surface area contributed by atoms with Gasteiger partial charge in [-0.25, -0.2) is 4.98 Å². The summed E-state index contributed by atoms with van der Waals surface area (Å²) in [6.07, 6.45) is -3.24. The van der Waals surface area contributed by atoms with Gasteiger partial charge in [0.2, 0.25) is 0 Å². The maximum absolute atomic E-state index is 12.2. The van der Waals surface area contributed by atoms with E-state index in [4.69, 9.17) is 0 Å². The summed E-state index contributed by atoms with van der Waals surface area (Å²) in [5.74, 6) is -1.29. The van der Waals surface area contributed by atoms with Crippen LogP contribution < -0.4 is 0 Å². The van der Waals surface area contributed by atoms with Crippen molar-refractivity contribution in [1.29, 1.82) is 0 Å². The summed E-state index contributed by atoms with van der Waals surface area (Å²) in [7, 11) is 0. The highest BCUT2D eigenvalue weighted by Gasteiger charge is 2.38. The number of hydrogen-bond acceptors (Lipinski definition) is 3. The predicted molar refractivity (Wildman–Crippen MR) is 44.5 cm³/mol. The number of alkyl halides is 3. The molecule has 0 spiro atoms. The number of rotatable bonds is 0. The van der Waals surface area contributed by atoms with Gasteiger partial charge in [0, 0.05) is 6.20 Å². The normalized spacial score (nSPS) is 12.3. The van der Waals surface area contributed by atoms with E-state index in [9.17, 15) is 13.2 Å². The van der Waals surface area contributed by atoms with Crippen LogP contribution in [0.3, 0.4) is 0 Å². The standard InChI is InChI=1S/C7H2BrF3N2O/c8-3-1-2-12-5-4(3)14-6(13-5)7(9,10)11/h1-2H. The van der Waals surface area contributed by atoms with Crippen molar-refractivity contribution in [3.8, 4) is 0 Å². The summed E-state index contributed by atoms with van der Waals surface area (Å²) in [6, 6.07) is 1.48. The fourth-order valence-electron chi connectivity index (χ4n) is 0.925. The molecule has 0 saturated carbocycles. The zero-order valence-electron chi connectivity index (χ0n) is 6.47. The second-order valence-electron chi connectivity index (χ2n) is 2.46. The Morgan fingerprint density at radius 1 is 1.36 bits per heavy atom. The highest BCUT2D eigenvalue weighted by atomic mass is 79.9. The number of hydrogen-bond donors (Lipinski definition) is 0. The number of fused-ring (bicyclic) bond motifs is 1. The molecule has 0 aromatic carbocycles. The molecule has 14 heavy (non-hydrogen) atoms. The molecule has 0 radical (unpaired) electrons. The van der Waals surface area contributed by atoms with Gasteiger partial charge >= 0.3 is 12.1 Å². The first-order valence-corrected chi connectivity index (χ1v) is 4.26. The van der Waals surface area contributed by atoms with E-state index in [1.165, 1.54) is 12.3 Å². The van der Waals surface area contributed by atoms with Gasteiger partial charge in [-0.1, -0.05) is 0 Å². The lowest BCUT2D eigenvalue weighted by Gasteiger charge is -1.97. The minimum Gasteiger partial charge on any atom is -0.430 e. The molecule has 0 aliphatic rings. The quantitative estimate of drug-likeness (QED) is 0.736. The average molecular weight is 267 g/mol. The summed E-state index contributed by atoms with van der Waals surface area (Å²) >= 11 is 3.04. The van der Waals surface area contributed by atoms with Gasteiger partial charge in [-0.05, 0) is 22.0 Å². The van der Waals surface area contributed by atoms with Gasteiger partial charge in [0.25, 0.3) is 0 Å². The molecule has 0 amide bonds. The first-order chi connectivity index (χ1) is 6.48. The van der Waals surface area contributed by atoms with E-state index in [0.29, 0.717) is 4.47 Å². The molecule has 74 valence electrons. The first kappa shape index (κ1) is 9.45. The second-order valence-corrected chi connectivity index (χ2v) is 3.32. The van der Waals surface area contributed by atoms with Crippen molar-refractivity contribution < 1.29 is 17.6 Å². The van der Waals surface area contributed by atoms with E-state index >= 15 is 0 Å². The summed E-state index contributed by atoms with van der Waals surface area (Å²) in [4.78, 5) is 6.85. The van der Waals surface area contributed by atoms with Crippen LogP contribution in [0.25, 0.3) is 11.2 Å². The predicted octanol–water partition coefficient (Wildman–Crippen LogP) is 3.00. The average Bonchev–Trinajstić information content (AvgIpc) is 2.48. The van der Waals surface area contributed by atoms with Crippen LogP contribution in [0.1, 0.15) is 5.89 Å². The van der Waals surface area contributed by atoms with Crippen molar-refractivity contribution in [2.24, 2.45) is 0 Å². The van der Waals surface area contributed by atoms with Crippen molar-refractivity contribution in [1.82, 2.24) is 9.97 Å². The van der Waals surface area contributed by atoms with Crippen LogP contribution >= 0.6 is 15.9 Å². The van der Waals surface area contributed by atoms with Gasteiger partial charge in [-0.15, -0.1) is 0 Å². The van der Waals surface area contributed by atoms with Gasteiger partial charge < -0.3 is 4.42 Å². The summed E-state index contributed by atoms with van der Waals surface area (Å²) in [5, 5.41) is 0. The van der Waals surface area contributed by atoms with E-state index < -0.39 is 12.1 Å². The van der Waals surface area contributed by atoms with E-state index in [1.807, 2.05) is 0 Å². The molecule has 0 saturated heterocycles. The van der Waals surface area contributed by atoms with Gasteiger partial charge in [-0.3, -0.25) is 0 Å². The van der Waals surface area contributed by atoms with E-state index in [2.05, 4.69) is 30.3 Å². The molecule has 2 rings (SSSR count). The molecule has 0 aliphatic carbocycles. The Labute approximate surface area is 84.1 Å². The third kappa shape index (κ3) is 1.47. The molecule has 0 unspecified atom stereocenters. The summed E-state index contributed by atoms with van der Waals surface area (Å²) < 4.78 is 41.4. The third-order valence-corrected chi connectivity index (χ3v) is 2.11. The number of aromatic nitrogens is 2. The van der Waals surface area contributed by atoms with Crippen LogP contribution in [0.4, 0.5) is 13.2 Å². The van der Waals surface area contributed by atoms with Gasteiger partial charge in [0.15, 0.2) is 11.2 Å². The molecule has 0 N–H and O–H groups in total. The minimum atomic E-state index is -4.58. The monoisotopic (exact) mass is 266 g/mol. The molecular formula is C7H2BrF3N2O. The maximum atomic E-state index is 12.2. The molecule has 2 heterocycles. The summed E-state index contributed by atoms with van der Waals surface area (Å²) in [5.41, 5.74) is -0.0634. The molecule has 0 fully saturated rings. The second kappa shape index (κ2) is 2.94. The van der Waals surface area contributed by atoms with Crippen molar-refractivity contribution in [3.05, 3.63) is 22.6 Å². The van der Waals surface area contributed by atoms with E-state index in [1.54, 1.807) is 0 Å². The fourth-order valence-corrected chi connectivity index (χ4v) is 1.30. The minimum absolute atomic E-state index is 0.000162. The topological polar surface area (TPSA) is 38.9 Å². The number of nitrogens with zero attached hydrogens (tertiary/aromatic N) is 2. The molecule has 3 nitrogen and oxygen atoms in total. The van der Waals surface area contributed by atoms with E-state index in [0.717, 1.165) is 0 Å². The van der Waals surface area contributed by atoms with Crippen molar-refractivity contribution in [2.75, 3.05) is 0 Å². The molecular weight excluding hydrogens is 265 g/mol. The van der Waals surface area contributed by atoms with Gasteiger partial charge in [-0.2, -0.15) is 18.2 Å². The lowest BCUT2D eigenvalue weighted by atomic mass is 10.5. The van der Waals surface area contributed by atoms with Crippen LogP contribution in [0.15, 0.2) is 21.2 Å². The fraction of sp³-hybridized carbons (Fsp3) is 0.143. The van der Waals surface area contributed by atoms with Crippen LogP contribution in [0.5, 0.6) is 0 Å². The van der Waals surface area contributed by atoms with Crippen molar-refractivity contribution in [2.45, 2.75) is 6.18 Å². The Morgan fingerprint density at radius 2 is 2.07 bits per heavy atom. The molecule has 0 atom stereocenters. The van der Waals surface area contributed by atoms with Crippen molar-refractivity contribution in [3.63, 3.8) is 0 Å². The Bertz CT molecular complexity index is 479. The van der Waals surface area contributed by atoms with Crippen LogP contribution in [0, 0.1) is 0 Å². The first-order valence-electron chi connectivity index (χ1n) is 3.47. The highest BCUT2D eigenvalue weighted by Crippen LogP contribution is 2.32. The summed E-state index contributed by atoms with van der Waals surface area (Å²) in [6.45, 7) is 0. The Kier molecular flexibility index (Phi) is 1.99. The van der Waals surface area contributed by atoms with Crippen LogP contribution in [-0.2, 0) is 6.18 Å². The van der Waals surface area contributed by atoms with Gasteiger partial charge in [0.05, 0.1) is 4.47 Å². The van der Waals surface area contributed by atoms with Crippen molar-refractivity contribution >= 4 is 27.2 Å². The van der Waals surface area contributed by atoms with Gasteiger partial charge in [0.1, 0.15) is 0 Å². The van der Waals surface area contributed by atoms with E-state index in [-0.39, 0.29) is 11.2 Å². The lowest BCUT2D eigenvalue weighted by molar-refractivity contribution is -0.156. The number of pyridine rings is 1. The SMILES string of the molecule is FC(F)(F)c1nc2nccc(Br)c2o1. The lowest BCUT2D eigenvalue weighted by Crippen LogP contribution is -2.04. The molecule has 0 aliphatic heterocycles. The highest BCUT2D eigenvalue weighted by molar-refractivity contribution is 9.10. The van der Waals surface area contributed by atoms with Crippen LogP contribution in [-0.4, -0.2) is 9.97 Å². The smallest absolute Gasteiger partial charge is 0.430 e. The third-order valence-electron chi connectivity index (χ3n) is 1.49. The van der Waals surface area contributed by atoms with Crippen LogP contribution in [0.2, 0.25) is 0 Å².